The number of halogens is 2. The van der Waals surface area contributed by atoms with Gasteiger partial charge in [0.05, 0.1) is 6.33 Å². The van der Waals surface area contributed by atoms with Crippen LogP contribution >= 0.6 is 0 Å². The zero-order valence-electron chi connectivity index (χ0n) is 17.0. The highest BCUT2D eigenvalue weighted by molar-refractivity contribution is 5.80. The van der Waals surface area contributed by atoms with Crippen molar-refractivity contribution in [2.24, 2.45) is 5.92 Å². The Morgan fingerprint density at radius 2 is 1.90 bits per heavy atom. The van der Waals surface area contributed by atoms with Gasteiger partial charge in [-0.2, -0.15) is 0 Å². The van der Waals surface area contributed by atoms with Crippen molar-refractivity contribution in [2.75, 3.05) is 6.54 Å². The number of rotatable bonds is 7. The van der Waals surface area contributed by atoms with Crippen molar-refractivity contribution >= 4 is 5.91 Å². The Morgan fingerprint density at radius 3 is 2.70 bits per heavy atom. The molecule has 1 amide bonds. The summed E-state index contributed by atoms with van der Waals surface area (Å²) in [7, 11) is 0. The molecule has 4 nitrogen and oxygen atoms in total. The predicted octanol–water partition coefficient (Wildman–Crippen LogP) is 4.50. The molecule has 1 aromatic heterocycles. The van der Waals surface area contributed by atoms with E-state index in [9.17, 15) is 13.6 Å². The van der Waals surface area contributed by atoms with E-state index in [1.54, 1.807) is 4.90 Å². The van der Waals surface area contributed by atoms with Crippen molar-refractivity contribution < 1.29 is 13.6 Å². The highest BCUT2D eigenvalue weighted by Crippen LogP contribution is 2.26. The molecule has 1 fully saturated rings. The zero-order valence-corrected chi connectivity index (χ0v) is 17.0. The quantitative estimate of drug-likeness (QED) is 0.576. The minimum atomic E-state index is -0.877. The van der Waals surface area contributed by atoms with Crippen molar-refractivity contribution in [1.82, 2.24) is 14.5 Å². The molecule has 1 atom stereocenters. The van der Waals surface area contributed by atoms with Gasteiger partial charge < -0.3 is 9.47 Å². The topological polar surface area (TPSA) is 38.1 Å². The molecule has 2 aromatic carbocycles. The van der Waals surface area contributed by atoms with Crippen LogP contribution in [0.4, 0.5) is 8.78 Å². The standard InChI is InChI=1S/C24H25F2N3O/c1-17-5-7-18(8-6-17)14-29-16-27-13-21(29)10-9-19-11-12-28(24(19)30)15-20-3-2-4-22(25)23(20)26/h2-8,13,16,19H,9-12,14-15H2,1H3/t19-/m0/s1. The first-order valence-corrected chi connectivity index (χ1v) is 10.3. The highest BCUT2D eigenvalue weighted by atomic mass is 19.2. The minimum absolute atomic E-state index is 0.0169. The van der Waals surface area contributed by atoms with Gasteiger partial charge in [-0.05, 0) is 37.8 Å². The average molecular weight is 409 g/mol. The van der Waals surface area contributed by atoms with Gasteiger partial charge in [0.25, 0.3) is 0 Å². The first kappa shape index (κ1) is 20.3. The van der Waals surface area contributed by atoms with Crippen LogP contribution in [0, 0.1) is 24.5 Å². The van der Waals surface area contributed by atoms with Crippen LogP contribution in [0.25, 0.3) is 0 Å². The lowest BCUT2D eigenvalue weighted by molar-refractivity contribution is -0.131. The molecule has 2 heterocycles. The molecule has 1 aliphatic heterocycles. The number of likely N-dealkylation sites (tertiary alicyclic amines) is 1. The van der Waals surface area contributed by atoms with Gasteiger partial charge in [0, 0.05) is 43.0 Å². The molecule has 156 valence electrons. The van der Waals surface area contributed by atoms with Crippen LogP contribution in [0.2, 0.25) is 0 Å². The second-order valence-corrected chi connectivity index (χ2v) is 8.00. The number of hydrogen-bond acceptors (Lipinski definition) is 2. The summed E-state index contributed by atoms with van der Waals surface area (Å²) in [5, 5.41) is 0. The summed E-state index contributed by atoms with van der Waals surface area (Å²) in [5.74, 6) is -1.82. The maximum absolute atomic E-state index is 13.9. The summed E-state index contributed by atoms with van der Waals surface area (Å²) in [6.45, 7) is 3.50. The fraction of sp³-hybridized carbons (Fsp3) is 0.333. The number of carbonyl (C=O) groups is 1. The second kappa shape index (κ2) is 8.78. The monoisotopic (exact) mass is 409 g/mol. The molecule has 0 unspecified atom stereocenters. The smallest absolute Gasteiger partial charge is 0.226 e. The first-order valence-electron chi connectivity index (χ1n) is 10.3. The minimum Gasteiger partial charge on any atom is -0.338 e. The van der Waals surface area contributed by atoms with Gasteiger partial charge in [0.2, 0.25) is 5.91 Å². The van der Waals surface area contributed by atoms with Gasteiger partial charge in [-0.1, -0.05) is 42.0 Å². The van der Waals surface area contributed by atoms with E-state index < -0.39 is 11.6 Å². The van der Waals surface area contributed by atoms with Crippen LogP contribution in [0.3, 0.4) is 0 Å². The van der Waals surface area contributed by atoms with Gasteiger partial charge in [0.1, 0.15) is 0 Å². The molecule has 4 rings (SSSR count). The van der Waals surface area contributed by atoms with Crippen LogP contribution in [-0.2, 0) is 24.3 Å². The number of nitrogens with zero attached hydrogens (tertiary/aromatic N) is 3. The molecular weight excluding hydrogens is 384 g/mol. The fourth-order valence-corrected chi connectivity index (χ4v) is 4.02. The molecule has 6 heteroatoms. The number of imidazole rings is 1. The first-order chi connectivity index (χ1) is 14.5. The second-order valence-electron chi connectivity index (χ2n) is 8.00. The van der Waals surface area contributed by atoms with Gasteiger partial charge in [0.15, 0.2) is 11.6 Å². The SMILES string of the molecule is Cc1ccc(Cn2cncc2CC[C@H]2CCN(Cc3cccc(F)c3F)C2=O)cc1. The van der Waals surface area contributed by atoms with E-state index in [-0.39, 0.29) is 23.9 Å². The molecule has 1 aliphatic rings. The van der Waals surface area contributed by atoms with Crippen molar-refractivity contribution in [1.29, 1.82) is 0 Å². The molecule has 0 saturated carbocycles. The van der Waals surface area contributed by atoms with Gasteiger partial charge >= 0.3 is 0 Å². The fourth-order valence-electron chi connectivity index (χ4n) is 4.02. The van der Waals surface area contributed by atoms with Crippen LogP contribution in [0.5, 0.6) is 0 Å². The number of aryl methyl sites for hydroxylation is 2. The van der Waals surface area contributed by atoms with Crippen molar-refractivity contribution in [3.63, 3.8) is 0 Å². The summed E-state index contributed by atoms with van der Waals surface area (Å²) < 4.78 is 29.5. The average Bonchev–Trinajstić information content (AvgIpc) is 3.32. The number of hydrogen-bond donors (Lipinski definition) is 0. The number of benzene rings is 2. The maximum atomic E-state index is 13.9. The molecule has 0 spiro atoms. The zero-order chi connectivity index (χ0) is 21.1. The molecule has 0 aliphatic carbocycles. The molecule has 30 heavy (non-hydrogen) atoms. The van der Waals surface area contributed by atoms with E-state index in [0.717, 1.165) is 37.6 Å². The van der Waals surface area contributed by atoms with Crippen molar-refractivity contribution in [2.45, 2.75) is 39.3 Å². The van der Waals surface area contributed by atoms with Crippen LogP contribution in [0.1, 0.15) is 35.2 Å². The number of amides is 1. The van der Waals surface area contributed by atoms with Crippen LogP contribution in [0.15, 0.2) is 55.0 Å². The van der Waals surface area contributed by atoms with Gasteiger partial charge in [-0.15, -0.1) is 0 Å². The van der Waals surface area contributed by atoms with Crippen molar-refractivity contribution in [3.8, 4) is 0 Å². The third kappa shape index (κ3) is 4.42. The van der Waals surface area contributed by atoms with E-state index >= 15 is 0 Å². The largest absolute Gasteiger partial charge is 0.338 e. The van der Waals surface area contributed by atoms with E-state index in [1.165, 1.54) is 23.3 Å². The highest BCUT2D eigenvalue weighted by Gasteiger charge is 2.32. The summed E-state index contributed by atoms with van der Waals surface area (Å²) in [6.07, 6.45) is 5.89. The van der Waals surface area contributed by atoms with E-state index in [4.69, 9.17) is 0 Å². The summed E-state index contributed by atoms with van der Waals surface area (Å²) in [5.41, 5.74) is 3.75. The third-order valence-electron chi connectivity index (χ3n) is 5.82. The Hall–Kier alpha value is -3.02. The number of aromatic nitrogens is 2. The Morgan fingerprint density at radius 1 is 1.10 bits per heavy atom. The lowest BCUT2D eigenvalue weighted by Crippen LogP contribution is -2.27. The molecule has 3 aromatic rings. The lowest BCUT2D eigenvalue weighted by atomic mass is 10.0. The predicted molar refractivity (Wildman–Crippen MR) is 111 cm³/mol. The van der Waals surface area contributed by atoms with Gasteiger partial charge in [-0.25, -0.2) is 13.8 Å². The Labute approximate surface area is 175 Å². The molecule has 0 N–H and O–H groups in total. The van der Waals surface area contributed by atoms with Crippen LogP contribution in [-0.4, -0.2) is 26.9 Å². The Balaban J connectivity index is 1.35. The molecule has 0 radical (unpaired) electrons. The molecule has 0 bridgehead atoms. The van der Waals surface area contributed by atoms with E-state index in [0.29, 0.717) is 6.54 Å². The van der Waals surface area contributed by atoms with Crippen molar-refractivity contribution in [3.05, 3.63) is 89.0 Å². The lowest BCUT2D eigenvalue weighted by Gasteiger charge is -2.17. The summed E-state index contributed by atoms with van der Waals surface area (Å²) >= 11 is 0. The summed E-state index contributed by atoms with van der Waals surface area (Å²) in [4.78, 5) is 18.7. The Bertz CT molecular complexity index is 1030. The molecule has 1 saturated heterocycles. The Kier molecular flexibility index (Phi) is 5.93. The normalized spacial score (nSPS) is 16.4. The molecular formula is C24H25F2N3O. The summed E-state index contributed by atoms with van der Waals surface area (Å²) in [6, 6.07) is 12.5. The number of carbonyl (C=O) groups excluding carboxylic acids is 1. The van der Waals surface area contributed by atoms with E-state index in [1.807, 2.05) is 12.5 Å². The van der Waals surface area contributed by atoms with E-state index in [2.05, 4.69) is 40.7 Å². The van der Waals surface area contributed by atoms with Gasteiger partial charge in [-0.3, -0.25) is 4.79 Å². The maximum Gasteiger partial charge on any atom is 0.226 e. The van der Waals surface area contributed by atoms with Crippen LogP contribution < -0.4 is 0 Å². The third-order valence-corrected chi connectivity index (χ3v) is 5.82.